The van der Waals surface area contributed by atoms with Crippen LogP contribution in [0.3, 0.4) is 0 Å². The lowest BCUT2D eigenvalue weighted by Gasteiger charge is -2.10. The lowest BCUT2D eigenvalue weighted by atomic mass is 10.0. The van der Waals surface area contributed by atoms with Crippen LogP contribution < -0.4 is 24.4 Å². The van der Waals surface area contributed by atoms with Gasteiger partial charge in [-0.25, -0.2) is 4.79 Å². The van der Waals surface area contributed by atoms with Crippen LogP contribution in [0, 0.1) is 0 Å². The lowest BCUT2D eigenvalue weighted by molar-refractivity contribution is -0.132. The van der Waals surface area contributed by atoms with Crippen LogP contribution in [0.5, 0.6) is 23.0 Å². The van der Waals surface area contributed by atoms with Crippen molar-refractivity contribution in [2.45, 2.75) is 6.42 Å². The first-order valence-corrected chi connectivity index (χ1v) is 9.00. The Morgan fingerprint density at radius 3 is 2.60 bits per heavy atom. The minimum absolute atomic E-state index is 0.00710. The molecule has 4 rings (SSSR count). The summed E-state index contributed by atoms with van der Waals surface area (Å²) < 4.78 is 26.7. The van der Waals surface area contributed by atoms with E-state index in [4.69, 9.17) is 23.4 Å². The van der Waals surface area contributed by atoms with Gasteiger partial charge in [-0.15, -0.1) is 0 Å². The second-order valence-electron chi connectivity index (χ2n) is 6.55. The highest BCUT2D eigenvalue weighted by atomic mass is 16.7. The summed E-state index contributed by atoms with van der Waals surface area (Å²) in [6, 6.07) is 8.14. The Labute approximate surface area is 170 Å². The Balaban J connectivity index is 1.75. The number of methoxy groups -OCH3 is 2. The van der Waals surface area contributed by atoms with E-state index in [1.165, 1.54) is 26.6 Å². The maximum atomic E-state index is 12.8. The molecule has 154 valence electrons. The molecule has 0 atom stereocenters. The minimum Gasteiger partial charge on any atom is -0.497 e. The van der Waals surface area contributed by atoms with E-state index in [0.29, 0.717) is 39.5 Å². The van der Waals surface area contributed by atoms with Crippen LogP contribution in [-0.4, -0.2) is 32.1 Å². The molecule has 8 nitrogen and oxygen atoms in total. The fourth-order valence-electron chi connectivity index (χ4n) is 3.23. The first-order valence-electron chi connectivity index (χ1n) is 9.00. The molecule has 0 unspecified atom stereocenters. The van der Waals surface area contributed by atoms with Gasteiger partial charge in [0, 0.05) is 29.7 Å². The van der Waals surface area contributed by atoms with Gasteiger partial charge >= 0.3 is 5.97 Å². The second-order valence-corrected chi connectivity index (χ2v) is 6.55. The highest BCUT2D eigenvalue weighted by Crippen LogP contribution is 2.39. The van der Waals surface area contributed by atoms with Crippen molar-refractivity contribution in [3.63, 3.8) is 0 Å². The molecule has 0 radical (unpaired) electrons. The topological polar surface area (TPSA) is 104 Å². The van der Waals surface area contributed by atoms with Crippen LogP contribution in [0.2, 0.25) is 0 Å². The summed E-state index contributed by atoms with van der Waals surface area (Å²) in [5, 5.41) is 10.0. The number of carboxylic acid groups (broad SMARTS) is 1. The van der Waals surface area contributed by atoms with Gasteiger partial charge in [-0.05, 0) is 24.3 Å². The van der Waals surface area contributed by atoms with Gasteiger partial charge in [0.2, 0.25) is 6.79 Å². The van der Waals surface area contributed by atoms with E-state index < -0.39 is 5.97 Å². The quantitative estimate of drug-likeness (QED) is 0.618. The predicted octanol–water partition coefficient (Wildman–Crippen LogP) is 3.25. The molecule has 8 heteroatoms. The van der Waals surface area contributed by atoms with Gasteiger partial charge in [0.1, 0.15) is 23.3 Å². The van der Waals surface area contributed by atoms with Crippen molar-refractivity contribution in [1.29, 1.82) is 0 Å². The van der Waals surface area contributed by atoms with Crippen molar-refractivity contribution in [3.05, 3.63) is 63.5 Å². The third-order valence-corrected chi connectivity index (χ3v) is 4.77. The summed E-state index contributed by atoms with van der Waals surface area (Å²) in [6.07, 6.45) is 2.56. The van der Waals surface area contributed by atoms with Crippen LogP contribution in [0.1, 0.15) is 11.1 Å². The number of carbonyl (C=O) groups is 1. The van der Waals surface area contributed by atoms with Crippen LogP contribution >= 0.6 is 0 Å². The summed E-state index contributed by atoms with van der Waals surface area (Å²) in [5.74, 6) is 0.889. The molecule has 2 heterocycles. The number of carboxylic acids is 1. The number of hydrogen-bond acceptors (Lipinski definition) is 7. The SMILES string of the molecule is COc1ccc2c(=O)c(C=C(Cc3cc4c(cc3OC)OCO4)C(=O)O)coc2c1. The molecule has 0 aliphatic carbocycles. The van der Waals surface area contributed by atoms with Crippen LogP contribution in [0.25, 0.3) is 17.0 Å². The van der Waals surface area contributed by atoms with Gasteiger partial charge in [-0.3, -0.25) is 4.79 Å². The molecular formula is C22H18O8. The molecule has 0 saturated heterocycles. The monoisotopic (exact) mass is 410 g/mol. The van der Waals surface area contributed by atoms with E-state index >= 15 is 0 Å². The van der Waals surface area contributed by atoms with E-state index in [-0.39, 0.29) is 29.8 Å². The Hall–Kier alpha value is -3.94. The van der Waals surface area contributed by atoms with Crippen LogP contribution in [0.15, 0.2) is 51.4 Å². The zero-order valence-corrected chi connectivity index (χ0v) is 16.3. The molecule has 1 aliphatic heterocycles. The molecule has 0 amide bonds. The Morgan fingerprint density at radius 2 is 1.90 bits per heavy atom. The average molecular weight is 410 g/mol. The largest absolute Gasteiger partial charge is 0.497 e. The first-order chi connectivity index (χ1) is 14.5. The summed E-state index contributed by atoms with van der Waals surface area (Å²) >= 11 is 0. The third-order valence-electron chi connectivity index (χ3n) is 4.77. The number of hydrogen-bond donors (Lipinski definition) is 1. The maximum Gasteiger partial charge on any atom is 0.331 e. The lowest BCUT2D eigenvalue weighted by Crippen LogP contribution is -2.09. The third kappa shape index (κ3) is 3.55. The number of fused-ring (bicyclic) bond motifs is 2. The summed E-state index contributed by atoms with van der Waals surface area (Å²) in [7, 11) is 3.00. The summed E-state index contributed by atoms with van der Waals surface area (Å²) in [5.41, 5.74) is 0.725. The van der Waals surface area contributed by atoms with Gasteiger partial charge in [-0.1, -0.05) is 0 Å². The molecular weight excluding hydrogens is 392 g/mol. The van der Waals surface area contributed by atoms with Crippen LogP contribution in [0.4, 0.5) is 0 Å². The molecule has 30 heavy (non-hydrogen) atoms. The van der Waals surface area contributed by atoms with Crippen molar-refractivity contribution in [2.24, 2.45) is 0 Å². The molecule has 0 saturated carbocycles. The number of ether oxygens (including phenoxy) is 4. The fourth-order valence-corrected chi connectivity index (χ4v) is 3.23. The van der Waals surface area contributed by atoms with Crippen LogP contribution in [-0.2, 0) is 11.2 Å². The van der Waals surface area contributed by atoms with Crippen molar-refractivity contribution in [1.82, 2.24) is 0 Å². The minimum atomic E-state index is -1.16. The molecule has 1 aromatic heterocycles. The first kappa shape index (κ1) is 19.4. The maximum absolute atomic E-state index is 12.8. The van der Waals surface area contributed by atoms with E-state index in [0.717, 1.165) is 0 Å². The van der Waals surface area contributed by atoms with E-state index in [1.807, 2.05) is 0 Å². The molecule has 0 bridgehead atoms. The number of rotatable bonds is 6. The van der Waals surface area contributed by atoms with E-state index in [1.54, 1.807) is 30.3 Å². The van der Waals surface area contributed by atoms with Gasteiger partial charge < -0.3 is 28.5 Å². The Kier molecular flexibility index (Phi) is 5.05. The van der Waals surface area contributed by atoms with Gasteiger partial charge in [0.05, 0.1) is 25.2 Å². The standard InChI is InChI=1S/C22H18O8/c1-26-15-3-4-16-18(8-15)28-10-14(21(16)23)6-13(22(24)25)5-12-7-19-20(30-11-29-19)9-17(12)27-2/h3-4,6-10H,5,11H2,1-2H3,(H,24,25). The summed E-state index contributed by atoms with van der Waals surface area (Å²) in [6.45, 7) is 0.0898. The molecule has 1 N–H and O–H groups in total. The molecule has 3 aromatic rings. The normalized spacial score (nSPS) is 12.8. The second kappa shape index (κ2) is 7.82. The average Bonchev–Trinajstić information content (AvgIpc) is 3.21. The predicted molar refractivity (Wildman–Crippen MR) is 107 cm³/mol. The Bertz CT molecular complexity index is 1220. The van der Waals surface area contributed by atoms with Gasteiger partial charge in [0.15, 0.2) is 16.9 Å². The molecule has 0 fully saturated rings. The number of aliphatic carboxylic acids is 1. The molecule has 1 aliphatic rings. The Morgan fingerprint density at radius 1 is 1.13 bits per heavy atom. The van der Waals surface area contributed by atoms with E-state index in [9.17, 15) is 14.7 Å². The van der Waals surface area contributed by atoms with Gasteiger partial charge in [-0.2, -0.15) is 0 Å². The highest BCUT2D eigenvalue weighted by Gasteiger charge is 2.20. The molecule has 2 aromatic carbocycles. The summed E-state index contributed by atoms with van der Waals surface area (Å²) in [4.78, 5) is 24.7. The van der Waals surface area contributed by atoms with Crippen molar-refractivity contribution in [2.75, 3.05) is 21.0 Å². The smallest absolute Gasteiger partial charge is 0.331 e. The van der Waals surface area contributed by atoms with E-state index in [2.05, 4.69) is 0 Å². The fraction of sp³-hybridized carbons (Fsp3) is 0.182. The zero-order chi connectivity index (χ0) is 21.3. The zero-order valence-electron chi connectivity index (χ0n) is 16.3. The van der Waals surface area contributed by atoms with Crippen molar-refractivity contribution >= 4 is 23.0 Å². The van der Waals surface area contributed by atoms with Gasteiger partial charge in [0.25, 0.3) is 0 Å². The number of benzene rings is 2. The molecule has 0 spiro atoms. The highest BCUT2D eigenvalue weighted by molar-refractivity contribution is 5.93. The van der Waals surface area contributed by atoms with Crippen molar-refractivity contribution in [3.8, 4) is 23.0 Å². The van der Waals surface area contributed by atoms with Crippen molar-refractivity contribution < 1.29 is 33.3 Å².